The number of nitrogens with zero attached hydrogens (tertiary/aromatic N) is 1. The molecule has 0 aromatic rings. The van der Waals surface area contributed by atoms with Gasteiger partial charge in [0.05, 0.1) is 6.54 Å². The molecule has 2 amide bonds. The van der Waals surface area contributed by atoms with Gasteiger partial charge in [-0.2, -0.15) is 0 Å². The molecule has 0 heterocycles. The van der Waals surface area contributed by atoms with Crippen LogP contribution in [-0.4, -0.2) is 35.8 Å². The summed E-state index contributed by atoms with van der Waals surface area (Å²) in [4.78, 5) is 24.3. The largest absolute Gasteiger partial charge is 0.355 e. The van der Waals surface area contributed by atoms with Gasteiger partial charge in [0.25, 0.3) is 0 Å². The molecule has 0 saturated carbocycles. The highest BCUT2D eigenvalue weighted by molar-refractivity contribution is 5.83. The molecule has 1 N–H and O–H groups in total. The van der Waals surface area contributed by atoms with Gasteiger partial charge in [-0.25, -0.2) is 0 Å². The number of amides is 2. The Morgan fingerprint density at radius 3 is 2.33 bits per heavy atom. The molecule has 0 fully saturated rings. The minimum Gasteiger partial charge on any atom is -0.355 e. The average molecular weight is 214 g/mol. The summed E-state index contributed by atoms with van der Waals surface area (Å²) in [6.07, 6.45) is 1.77. The van der Waals surface area contributed by atoms with E-state index in [0.717, 1.165) is 12.8 Å². The summed E-state index contributed by atoms with van der Waals surface area (Å²) < 4.78 is 0. The van der Waals surface area contributed by atoms with E-state index in [1.54, 1.807) is 4.90 Å². The van der Waals surface area contributed by atoms with E-state index < -0.39 is 0 Å². The maximum absolute atomic E-state index is 11.4. The van der Waals surface area contributed by atoms with Gasteiger partial charge in [0.2, 0.25) is 11.8 Å². The van der Waals surface area contributed by atoms with Gasteiger partial charge < -0.3 is 10.2 Å². The summed E-state index contributed by atoms with van der Waals surface area (Å²) in [5.74, 6) is -0.122. The molecule has 0 aromatic carbocycles. The molecule has 0 bridgehead atoms. The van der Waals surface area contributed by atoms with Crippen LogP contribution in [0.3, 0.4) is 0 Å². The standard InChI is InChI=1S/C11H22N2O2/c1-5-7-12-11(15)8-13(10(4)14)9(3)6-2/h9H,5-8H2,1-4H3,(H,12,15). The maximum Gasteiger partial charge on any atom is 0.239 e. The molecule has 1 atom stereocenters. The van der Waals surface area contributed by atoms with E-state index in [0.29, 0.717) is 6.54 Å². The first kappa shape index (κ1) is 13.9. The minimum absolute atomic E-state index is 0.0454. The summed E-state index contributed by atoms with van der Waals surface area (Å²) in [5, 5.41) is 2.76. The normalized spacial score (nSPS) is 12.0. The summed E-state index contributed by atoms with van der Waals surface area (Å²) in [6.45, 7) is 8.30. The van der Waals surface area contributed by atoms with E-state index in [1.807, 2.05) is 20.8 Å². The Bertz CT molecular complexity index is 217. The number of rotatable bonds is 6. The predicted molar refractivity (Wildman–Crippen MR) is 60.4 cm³/mol. The van der Waals surface area contributed by atoms with E-state index in [2.05, 4.69) is 5.32 Å². The van der Waals surface area contributed by atoms with Gasteiger partial charge in [-0.3, -0.25) is 9.59 Å². The Morgan fingerprint density at radius 2 is 1.93 bits per heavy atom. The van der Waals surface area contributed by atoms with Crippen LogP contribution < -0.4 is 5.32 Å². The van der Waals surface area contributed by atoms with Crippen molar-refractivity contribution in [3.8, 4) is 0 Å². The third-order valence-electron chi connectivity index (χ3n) is 2.41. The van der Waals surface area contributed by atoms with Gasteiger partial charge in [-0.05, 0) is 19.8 Å². The molecule has 0 rings (SSSR count). The molecule has 0 spiro atoms. The van der Waals surface area contributed by atoms with Gasteiger partial charge in [0.1, 0.15) is 0 Å². The van der Waals surface area contributed by atoms with Gasteiger partial charge in [-0.15, -0.1) is 0 Å². The van der Waals surface area contributed by atoms with Crippen LogP contribution in [0.4, 0.5) is 0 Å². The zero-order valence-corrected chi connectivity index (χ0v) is 10.2. The summed E-state index contributed by atoms with van der Waals surface area (Å²) in [7, 11) is 0. The lowest BCUT2D eigenvalue weighted by molar-refractivity contribution is -0.136. The van der Waals surface area contributed by atoms with Crippen LogP contribution >= 0.6 is 0 Å². The molecule has 4 nitrogen and oxygen atoms in total. The smallest absolute Gasteiger partial charge is 0.239 e. The highest BCUT2D eigenvalue weighted by Gasteiger charge is 2.17. The van der Waals surface area contributed by atoms with Crippen molar-refractivity contribution < 1.29 is 9.59 Å². The van der Waals surface area contributed by atoms with Crippen LogP contribution in [0.5, 0.6) is 0 Å². The van der Waals surface area contributed by atoms with Crippen LogP contribution in [0, 0.1) is 0 Å². The second-order valence-corrected chi connectivity index (χ2v) is 3.75. The highest BCUT2D eigenvalue weighted by atomic mass is 16.2. The fourth-order valence-corrected chi connectivity index (χ4v) is 1.27. The summed E-state index contributed by atoms with van der Waals surface area (Å²) in [5.41, 5.74) is 0. The van der Waals surface area contributed by atoms with E-state index >= 15 is 0 Å². The molecular weight excluding hydrogens is 192 g/mol. The molecule has 88 valence electrons. The monoisotopic (exact) mass is 214 g/mol. The Labute approximate surface area is 92.0 Å². The second kappa shape index (κ2) is 7.26. The van der Waals surface area contributed by atoms with E-state index in [4.69, 9.17) is 0 Å². The SMILES string of the molecule is CCCNC(=O)CN(C(C)=O)C(C)CC. The molecule has 0 aromatic heterocycles. The molecule has 0 aliphatic carbocycles. The first-order valence-electron chi connectivity index (χ1n) is 5.56. The number of hydrogen-bond acceptors (Lipinski definition) is 2. The van der Waals surface area contributed by atoms with Crippen molar-refractivity contribution in [2.75, 3.05) is 13.1 Å². The Hall–Kier alpha value is -1.06. The number of hydrogen-bond donors (Lipinski definition) is 1. The van der Waals surface area contributed by atoms with Gasteiger partial charge in [0.15, 0.2) is 0 Å². The number of carbonyl (C=O) groups excluding carboxylic acids is 2. The quantitative estimate of drug-likeness (QED) is 0.721. The van der Waals surface area contributed by atoms with Gasteiger partial charge in [-0.1, -0.05) is 13.8 Å². The fraction of sp³-hybridized carbons (Fsp3) is 0.818. The van der Waals surface area contributed by atoms with Crippen molar-refractivity contribution in [1.29, 1.82) is 0 Å². The molecule has 0 saturated heterocycles. The molecular formula is C11H22N2O2. The lowest BCUT2D eigenvalue weighted by Crippen LogP contribution is -2.44. The lowest BCUT2D eigenvalue weighted by Gasteiger charge is -2.26. The van der Waals surface area contributed by atoms with Gasteiger partial charge >= 0.3 is 0 Å². The summed E-state index contributed by atoms with van der Waals surface area (Å²) in [6, 6.07) is 0.120. The third kappa shape index (κ3) is 5.40. The van der Waals surface area contributed by atoms with Crippen LogP contribution in [0.15, 0.2) is 0 Å². The third-order valence-corrected chi connectivity index (χ3v) is 2.41. The first-order chi connectivity index (χ1) is 7.02. The average Bonchev–Trinajstić information content (AvgIpc) is 2.21. The van der Waals surface area contributed by atoms with Crippen LogP contribution in [-0.2, 0) is 9.59 Å². The van der Waals surface area contributed by atoms with Crippen molar-refractivity contribution in [1.82, 2.24) is 10.2 Å². The van der Waals surface area contributed by atoms with Crippen molar-refractivity contribution in [2.45, 2.75) is 46.6 Å². The van der Waals surface area contributed by atoms with Crippen LogP contribution in [0.2, 0.25) is 0 Å². The molecule has 0 aliphatic rings. The maximum atomic E-state index is 11.4. The van der Waals surface area contributed by atoms with Gasteiger partial charge in [0, 0.05) is 19.5 Å². The molecule has 1 unspecified atom stereocenters. The van der Waals surface area contributed by atoms with Crippen LogP contribution in [0.25, 0.3) is 0 Å². The van der Waals surface area contributed by atoms with Crippen LogP contribution in [0.1, 0.15) is 40.5 Å². The van der Waals surface area contributed by atoms with Crippen molar-refractivity contribution in [3.05, 3.63) is 0 Å². The van der Waals surface area contributed by atoms with E-state index in [9.17, 15) is 9.59 Å². The lowest BCUT2D eigenvalue weighted by atomic mass is 10.2. The van der Waals surface area contributed by atoms with Crippen molar-refractivity contribution in [3.63, 3.8) is 0 Å². The second-order valence-electron chi connectivity index (χ2n) is 3.75. The Morgan fingerprint density at radius 1 is 1.33 bits per heavy atom. The Balaban J connectivity index is 4.16. The minimum atomic E-state index is -0.0765. The topological polar surface area (TPSA) is 49.4 Å². The predicted octanol–water partition coefficient (Wildman–Crippen LogP) is 1.16. The van der Waals surface area contributed by atoms with E-state index in [1.165, 1.54) is 6.92 Å². The fourth-order valence-electron chi connectivity index (χ4n) is 1.27. The summed E-state index contributed by atoms with van der Waals surface area (Å²) >= 11 is 0. The number of carbonyl (C=O) groups is 2. The molecule has 0 aliphatic heterocycles. The molecule has 0 radical (unpaired) electrons. The number of nitrogens with one attached hydrogen (secondary N) is 1. The molecule has 15 heavy (non-hydrogen) atoms. The van der Waals surface area contributed by atoms with Crippen molar-refractivity contribution in [2.24, 2.45) is 0 Å². The van der Waals surface area contributed by atoms with E-state index in [-0.39, 0.29) is 24.4 Å². The zero-order valence-electron chi connectivity index (χ0n) is 10.2. The zero-order chi connectivity index (χ0) is 11.8. The Kier molecular flexibility index (Phi) is 6.75. The van der Waals surface area contributed by atoms with Crippen molar-refractivity contribution >= 4 is 11.8 Å². The highest BCUT2D eigenvalue weighted by Crippen LogP contribution is 2.03. The first-order valence-corrected chi connectivity index (χ1v) is 5.56. The molecule has 4 heteroatoms.